The van der Waals surface area contributed by atoms with Crippen LogP contribution in [0.15, 0.2) is 53.7 Å². The Kier molecular flexibility index (Phi) is 6.03. The van der Waals surface area contributed by atoms with Crippen LogP contribution < -0.4 is 5.32 Å². The zero-order valence-electron chi connectivity index (χ0n) is 17.3. The highest BCUT2D eigenvalue weighted by atomic mass is 32.2. The topological polar surface area (TPSA) is 103 Å². The number of thioether (sulfide) groups is 1. The average molecular weight is 438 g/mol. The molecule has 2 aromatic carbocycles. The Morgan fingerprint density at radius 3 is 2.71 bits per heavy atom. The number of nitrogens with zero attached hydrogens (tertiary/aromatic N) is 4. The quantitative estimate of drug-likeness (QED) is 0.316. The molecule has 1 aliphatic rings. The molecule has 0 spiro atoms. The third-order valence-electron chi connectivity index (χ3n) is 5.36. The third kappa shape index (κ3) is 4.77. The average Bonchev–Trinajstić information content (AvgIpc) is 3.44. The van der Waals surface area contributed by atoms with Crippen molar-refractivity contribution in [2.75, 3.05) is 11.1 Å². The molecule has 2 unspecified atom stereocenters. The lowest BCUT2D eigenvalue weighted by atomic mass is 10.1. The lowest BCUT2D eigenvalue weighted by molar-refractivity contribution is -0.384. The Morgan fingerprint density at radius 1 is 1.23 bits per heavy atom. The minimum atomic E-state index is -0.489. The van der Waals surface area contributed by atoms with Crippen molar-refractivity contribution in [1.29, 1.82) is 0 Å². The molecule has 1 N–H and O–H groups in total. The molecule has 9 heteroatoms. The van der Waals surface area contributed by atoms with Crippen molar-refractivity contribution < 1.29 is 9.72 Å². The smallest absolute Gasteiger partial charge is 0.271 e. The highest BCUT2D eigenvalue weighted by molar-refractivity contribution is 7.99. The standard InChI is InChI=1S/C22H23N5O3S/c1-3-26-21(19-12-18(19)15-9-7-14(2)8-10-15)24-25-22(26)31-13-20(28)23-16-5-4-6-17(11-16)27(29)30/h4-11,18-19H,3,12-13H2,1-2H3,(H,23,28). The van der Waals surface area contributed by atoms with Gasteiger partial charge < -0.3 is 9.88 Å². The number of carbonyl (C=O) groups excluding carboxylic acids is 1. The zero-order chi connectivity index (χ0) is 22.0. The molecule has 1 fully saturated rings. The summed E-state index contributed by atoms with van der Waals surface area (Å²) < 4.78 is 2.07. The van der Waals surface area contributed by atoms with Crippen LogP contribution in [0.25, 0.3) is 0 Å². The van der Waals surface area contributed by atoms with Crippen molar-refractivity contribution in [1.82, 2.24) is 14.8 Å². The van der Waals surface area contributed by atoms with E-state index in [9.17, 15) is 14.9 Å². The lowest BCUT2D eigenvalue weighted by Gasteiger charge is -2.08. The van der Waals surface area contributed by atoms with E-state index < -0.39 is 4.92 Å². The molecule has 0 radical (unpaired) electrons. The van der Waals surface area contributed by atoms with Gasteiger partial charge in [-0.25, -0.2) is 0 Å². The lowest BCUT2D eigenvalue weighted by Crippen LogP contribution is -2.14. The summed E-state index contributed by atoms with van der Waals surface area (Å²) in [5.41, 5.74) is 2.91. The molecule has 1 aromatic heterocycles. The maximum absolute atomic E-state index is 12.3. The molecule has 160 valence electrons. The van der Waals surface area contributed by atoms with Crippen molar-refractivity contribution in [3.8, 4) is 0 Å². The number of carbonyl (C=O) groups is 1. The number of aromatic nitrogens is 3. The fraction of sp³-hybridized carbons (Fsp3) is 0.318. The summed E-state index contributed by atoms with van der Waals surface area (Å²) in [4.78, 5) is 22.7. The Morgan fingerprint density at radius 2 is 2.00 bits per heavy atom. The van der Waals surface area contributed by atoms with E-state index in [1.807, 2.05) is 6.92 Å². The highest BCUT2D eigenvalue weighted by Crippen LogP contribution is 2.54. The Balaban J connectivity index is 1.38. The first-order valence-corrected chi connectivity index (χ1v) is 11.1. The number of nitrogens with one attached hydrogen (secondary N) is 1. The first kappa shape index (κ1) is 21.0. The second-order valence-electron chi connectivity index (χ2n) is 7.59. The molecule has 0 bridgehead atoms. The summed E-state index contributed by atoms with van der Waals surface area (Å²) in [5.74, 6) is 1.68. The zero-order valence-corrected chi connectivity index (χ0v) is 18.1. The van der Waals surface area contributed by atoms with Gasteiger partial charge in [0.1, 0.15) is 5.82 Å². The molecule has 0 saturated heterocycles. The minimum absolute atomic E-state index is 0.0617. The largest absolute Gasteiger partial charge is 0.325 e. The van der Waals surface area contributed by atoms with Crippen molar-refractivity contribution in [2.45, 2.75) is 43.8 Å². The molecule has 1 amide bonds. The number of nitro groups is 1. The molecule has 2 atom stereocenters. The van der Waals surface area contributed by atoms with Gasteiger partial charge in [-0.2, -0.15) is 0 Å². The van der Waals surface area contributed by atoms with Gasteiger partial charge in [0.25, 0.3) is 5.69 Å². The van der Waals surface area contributed by atoms with E-state index >= 15 is 0 Å². The molecule has 3 aromatic rings. The Bertz CT molecular complexity index is 1110. The number of anilines is 1. The molecule has 1 saturated carbocycles. The minimum Gasteiger partial charge on any atom is -0.325 e. The van der Waals surface area contributed by atoms with Gasteiger partial charge in [-0.3, -0.25) is 14.9 Å². The fourth-order valence-electron chi connectivity index (χ4n) is 3.67. The van der Waals surface area contributed by atoms with Crippen LogP contribution in [0.2, 0.25) is 0 Å². The van der Waals surface area contributed by atoms with E-state index in [0.29, 0.717) is 22.7 Å². The summed E-state index contributed by atoms with van der Waals surface area (Å²) in [7, 11) is 0. The van der Waals surface area contributed by atoms with Crippen molar-refractivity contribution in [3.63, 3.8) is 0 Å². The maximum Gasteiger partial charge on any atom is 0.271 e. The van der Waals surface area contributed by atoms with Gasteiger partial charge in [0.05, 0.1) is 10.7 Å². The van der Waals surface area contributed by atoms with Crippen LogP contribution in [-0.4, -0.2) is 31.3 Å². The number of amides is 1. The molecule has 1 aliphatic carbocycles. The number of rotatable bonds is 8. The van der Waals surface area contributed by atoms with Crippen LogP contribution in [0.1, 0.15) is 42.1 Å². The first-order chi connectivity index (χ1) is 15.0. The second-order valence-corrected chi connectivity index (χ2v) is 8.53. The van der Waals surface area contributed by atoms with Crippen molar-refractivity contribution >= 4 is 29.0 Å². The molecule has 4 rings (SSSR count). The van der Waals surface area contributed by atoms with E-state index in [4.69, 9.17) is 0 Å². The summed E-state index contributed by atoms with van der Waals surface area (Å²) in [6, 6.07) is 14.5. The predicted octanol–water partition coefficient (Wildman–Crippen LogP) is 4.52. The summed E-state index contributed by atoms with van der Waals surface area (Å²) >= 11 is 1.32. The van der Waals surface area contributed by atoms with Gasteiger partial charge in [0.2, 0.25) is 5.91 Å². The van der Waals surface area contributed by atoms with Gasteiger partial charge in [0, 0.05) is 30.3 Å². The van der Waals surface area contributed by atoms with E-state index in [1.54, 1.807) is 12.1 Å². The fourth-order valence-corrected chi connectivity index (χ4v) is 4.47. The second kappa shape index (κ2) is 8.89. The number of benzene rings is 2. The summed E-state index contributed by atoms with van der Waals surface area (Å²) in [6.45, 7) is 4.86. The van der Waals surface area contributed by atoms with E-state index in [1.165, 1.54) is 35.0 Å². The maximum atomic E-state index is 12.3. The van der Waals surface area contributed by atoms with Crippen molar-refractivity contribution in [2.24, 2.45) is 0 Å². The van der Waals surface area contributed by atoms with Gasteiger partial charge >= 0.3 is 0 Å². The van der Waals surface area contributed by atoms with Crippen LogP contribution >= 0.6 is 11.8 Å². The molecular weight excluding hydrogens is 414 g/mol. The van der Waals surface area contributed by atoms with Crippen LogP contribution in [0.3, 0.4) is 0 Å². The SMILES string of the molecule is CCn1c(SCC(=O)Nc2cccc([N+](=O)[O-])c2)nnc1C1CC1c1ccc(C)cc1. The number of non-ortho nitro benzene ring substituents is 1. The molecule has 31 heavy (non-hydrogen) atoms. The normalized spacial score (nSPS) is 17.4. The van der Waals surface area contributed by atoms with E-state index in [-0.39, 0.29) is 17.3 Å². The Labute approximate surface area is 184 Å². The van der Waals surface area contributed by atoms with Crippen molar-refractivity contribution in [3.05, 3.63) is 75.6 Å². The molecular formula is C22H23N5O3S. The summed E-state index contributed by atoms with van der Waals surface area (Å²) in [6.07, 6.45) is 1.05. The van der Waals surface area contributed by atoms with Crippen LogP contribution in [0.5, 0.6) is 0 Å². The summed E-state index contributed by atoms with van der Waals surface area (Å²) in [5, 5.41) is 23.0. The van der Waals surface area contributed by atoms with E-state index in [2.05, 4.69) is 51.3 Å². The van der Waals surface area contributed by atoms with Crippen LogP contribution in [0, 0.1) is 17.0 Å². The Hall–Kier alpha value is -3.20. The van der Waals surface area contributed by atoms with Crippen LogP contribution in [0.4, 0.5) is 11.4 Å². The third-order valence-corrected chi connectivity index (χ3v) is 6.33. The van der Waals surface area contributed by atoms with Gasteiger partial charge in [-0.15, -0.1) is 10.2 Å². The number of nitro benzene ring substituents is 1. The molecule has 1 heterocycles. The molecule has 8 nitrogen and oxygen atoms in total. The number of hydrogen-bond acceptors (Lipinski definition) is 6. The number of hydrogen-bond donors (Lipinski definition) is 1. The molecule has 0 aliphatic heterocycles. The van der Waals surface area contributed by atoms with Gasteiger partial charge in [-0.05, 0) is 37.8 Å². The first-order valence-electron chi connectivity index (χ1n) is 10.1. The monoisotopic (exact) mass is 437 g/mol. The van der Waals surface area contributed by atoms with E-state index in [0.717, 1.165) is 18.8 Å². The van der Waals surface area contributed by atoms with Gasteiger partial charge in [0.15, 0.2) is 5.16 Å². The number of aryl methyl sites for hydroxylation is 1. The predicted molar refractivity (Wildman–Crippen MR) is 119 cm³/mol. The van der Waals surface area contributed by atoms with Crippen LogP contribution in [-0.2, 0) is 11.3 Å². The van der Waals surface area contributed by atoms with Gasteiger partial charge in [-0.1, -0.05) is 47.7 Å². The highest BCUT2D eigenvalue weighted by Gasteiger charge is 2.43.